The molecule has 1 aliphatic rings. The van der Waals surface area contributed by atoms with E-state index in [4.69, 9.17) is 0 Å². The molecule has 1 aromatic heterocycles. The van der Waals surface area contributed by atoms with Gasteiger partial charge in [0.2, 0.25) is 5.91 Å². The van der Waals surface area contributed by atoms with Gasteiger partial charge in [-0.2, -0.15) is 0 Å². The lowest BCUT2D eigenvalue weighted by molar-refractivity contribution is -0.117. The second-order valence-corrected chi connectivity index (χ2v) is 7.11. The Hall–Kier alpha value is -2.54. The molecule has 0 saturated heterocycles. The van der Waals surface area contributed by atoms with Gasteiger partial charge in [0, 0.05) is 28.7 Å². The van der Waals surface area contributed by atoms with Crippen LogP contribution >= 0.6 is 15.9 Å². The SMILES string of the molecule is Cn1nnnc1-c1cccc(NC(=O)C2CC2c2ccc(Br)cc2)c1. The summed E-state index contributed by atoms with van der Waals surface area (Å²) >= 11 is 3.44. The van der Waals surface area contributed by atoms with Crippen LogP contribution in [0.1, 0.15) is 17.9 Å². The maximum absolute atomic E-state index is 12.5. The molecule has 1 saturated carbocycles. The van der Waals surface area contributed by atoms with Gasteiger partial charge in [-0.05, 0) is 52.6 Å². The normalized spacial score (nSPS) is 18.8. The Morgan fingerprint density at radius 3 is 2.76 bits per heavy atom. The second kappa shape index (κ2) is 6.40. The number of aromatic nitrogens is 4. The largest absolute Gasteiger partial charge is 0.326 e. The Bertz CT molecular complexity index is 921. The fourth-order valence-corrected chi connectivity index (χ4v) is 3.27. The van der Waals surface area contributed by atoms with Crippen LogP contribution in [0.5, 0.6) is 0 Å². The summed E-state index contributed by atoms with van der Waals surface area (Å²) in [4.78, 5) is 12.5. The van der Waals surface area contributed by atoms with Crippen molar-refractivity contribution in [1.82, 2.24) is 20.2 Å². The molecule has 1 aliphatic carbocycles. The van der Waals surface area contributed by atoms with Crippen molar-refractivity contribution in [2.45, 2.75) is 12.3 Å². The van der Waals surface area contributed by atoms with Crippen molar-refractivity contribution in [2.75, 3.05) is 5.32 Å². The third kappa shape index (κ3) is 3.32. The number of amides is 1. The number of tetrazole rings is 1. The number of anilines is 1. The molecule has 0 spiro atoms. The smallest absolute Gasteiger partial charge is 0.228 e. The minimum atomic E-state index is 0.0290. The Morgan fingerprint density at radius 1 is 1.24 bits per heavy atom. The number of hydrogen-bond acceptors (Lipinski definition) is 4. The molecule has 2 aromatic carbocycles. The first kappa shape index (κ1) is 16.0. The minimum absolute atomic E-state index is 0.0290. The van der Waals surface area contributed by atoms with Crippen molar-refractivity contribution in [3.63, 3.8) is 0 Å². The van der Waals surface area contributed by atoms with Crippen LogP contribution < -0.4 is 5.32 Å². The van der Waals surface area contributed by atoms with Crippen LogP contribution in [0.4, 0.5) is 5.69 Å². The molecule has 25 heavy (non-hydrogen) atoms. The third-order valence-corrected chi connectivity index (χ3v) is 4.96. The summed E-state index contributed by atoms with van der Waals surface area (Å²) in [5.41, 5.74) is 2.83. The van der Waals surface area contributed by atoms with E-state index >= 15 is 0 Å². The number of halogens is 1. The van der Waals surface area contributed by atoms with Gasteiger partial charge in [0.15, 0.2) is 5.82 Å². The molecule has 3 aromatic rings. The van der Waals surface area contributed by atoms with Crippen molar-refractivity contribution in [3.05, 3.63) is 58.6 Å². The lowest BCUT2D eigenvalue weighted by Crippen LogP contribution is -2.14. The van der Waals surface area contributed by atoms with Gasteiger partial charge in [-0.1, -0.05) is 40.2 Å². The van der Waals surface area contributed by atoms with Crippen LogP contribution in [0, 0.1) is 5.92 Å². The number of aryl methyl sites for hydroxylation is 1. The van der Waals surface area contributed by atoms with Gasteiger partial charge in [-0.3, -0.25) is 4.79 Å². The van der Waals surface area contributed by atoms with E-state index < -0.39 is 0 Å². The van der Waals surface area contributed by atoms with E-state index in [-0.39, 0.29) is 11.8 Å². The monoisotopic (exact) mass is 397 g/mol. The van der Waals surface area contributed by atoms with Crippen molar-refractivity contribution >= 4 is 27.5 Å². The molecule has 0 bridgehead atoms. The lowest BCUT2D eigenvalue weighted by atomic mass is 10.1. The van der Waals surface area contributed by atoms with E-state index in [2.05, 4.69) is 48.9 Å². The number of rotatable bonds is 4. The molecule has 1 heterocycles. The van der Waals surface area contributed by atoms with Crippen LogP contribution in [-0.4, -0.2) is 26.1 Å². The standard InChI is InChI=1S/C18H16BrN5O/c1-24-17(21-22-23-24)12-3-2-4-14(9-12)20-18(25)16-10-15(16)11-5-7-13(19)8-6-11/h2-9,15-16H,10H2,1H3,(H,20,25). The van der Waals surface area contributed by atoms with E-state index in [1.54, 1.807) is 11.7 Å². The van der Waals surface area contributed by atoms with Crippen LogP contribution in [-0.2, 0) is 11.8 Å². The molecule has 4 rings (SSSR count). The highest BCUT2D eigenvalue weighted by Gasteiger charge is 2.43. The van der Waals surface area contributed by atoms with Crippen molar-refractivity contribution in [3.8, 4) is 11.4 Å². The highest BCUT2D eigenvalue weighted by Crippen LogP contribution is 2.48. The van der Waals surface area contributed by atoms with Gasteiger partial charge < -0.3 is 5.32 Å². The maximum Gasteiger partial charge on any atom is 0.228 e. The van der Waals surface area contributed by atoms with E-state index in [9.17, 15) is 4.79 Å². The van der Waals surface area contributed by atoms with Gasteiger partial charge in [-0.25, -0.2) is 4.68 Å². The molecule has 0 radical (unpaired) electrons. The molecule has 2 atom stereocenters. The Balaban J connectivity index is 1.45. The zero-order chi connectivity index (χ0) is 17.4. The Morgan fingerprint density at radius 2 is 2.04 bits per heavy atom. The summed E-state index contributed by atoms with van der Waals surface area (Å²) in [6.45, 7) is 0. The summed E-state index contributed by atoms with van der Waals surface area (Å²) < 4.78 is 2.65. The molecule has 0 aliphatic heterocycles. The summed E-state index contributed by atoms with van der Waals surface area (Å²) in [6, 6.07) is 15.8. The van der Waals surface area contributed by atoms with Gasteiger partial charge >= 0.3 is 0 Å². The fraction of sp³-hybridized carbons (Fsp3) is 0.222. The third-order valence-electron chi connectivity index (χ3n) is 4.43. The molecular weight excluding hydrogens is 382 g/mol. The number of nitrogens with zero attached hydrogens (tertiary/aromatic N) is 4. The number of carbonyl (C=O) groups excluding carboxylic acids is 1. The first-order chi connectivity index (χ1) is 12.1. The minimum Gasteiger partial charge on any atom is -0.326 e. The van der Waals surface area contributed by atoms with E-state index in [0.717, 1.165) is 22.1 Å². The van der Waals surface area contributed by atoms with Gasteiger partial charge in [0.1, 0.15) is 0 Å². The quantitative estimate of drug-likeness (QED) is 0.732. The Labute approximate surface area is 153 Å². The van der Waals surface area contributed by atoms with Gasteiger partial charge in [0.25, 0.3) is 0 Å². The summed E-state index contributed by atoms with van der Waals surface area (Å²) in [5.74, 6) is 1.05. The molecule has 1 amide bonds. The van der Waals surface area contributed by atoms with Crippen molar-refractivity contribution < 1.29 is 4.79 Å². The summed E-state index contributed by atoms with van der Waals surface area (Å²) in [6.07, 6.45) is 0.889. The predicted octanol–water partition coefficient (Wildman–Crippen LogP) is 3.38. The van der Waals surface area contributed by atoms with Crippen LogP contribution in [0.25, 0.3) is 11.4 Å². The first-order valence-corrected chi connectivity index (χ1v) is 8.80. The second-order valence-electron chi connectivity index (χ2n) is 6.20. The molecule has 2 unspecified atom stereocenters. The van der Waals surface area contributed by atoms with E-state index in [1.807, 2.05) is 36.4 Å². The predicted molar refractivity (Wildman–Crippen MR) is 97.9 cm³/mol. The molecule has 6 nitrogen and oxygen atoms in total. The highest BCUT2D eigenvalue weighted by molar-refractivity contribution is 9.10. The van der Waals surface area contributed by atoms with Crippen LogP contribution in [0.3, 0.4) is 0 Å². The topological polar surface area (TPSA) is 72.7 Å². The lowest BCUT2D eigenvalue weighted by Gasteiger charge is -2.07. The zero-order valence-corrected chi connectivity index (χ0v) is 15.1. The first-order valence-electron chi connectivity index (χ1n) is 8.01. The van der Waals surface area contributed by atoms with Crippen LogP contribution in [0.2, 0.25) is 0 Å². The molecular formula is C18H16BrN5O. The summed E-state index contributed by atoms with van der Waals surface area (Å²) in [5, 5.41) is 14.5. The number of carbonyl (C=O) groups is 1. The van der Waals surface area contributed by atoms with E-state index in [1.165, 1.54) is 5.56 Å². The molecule has 7 heteroatoms. The van der Waals surface area contributed by atoms with Crippen molar-refractivity contribution in [1.29, 1.82) is 0 Å². The maximum atomic E-state index is 12.5. The summed E-state index contributed by atoms with van der Waals surface area (Å²) in [7, 11) is 1.79. The van der Waals surface area contributed by atoms with Crippen LogP contribution in [0.15, 0.2) is 53.0 Å². The molecule has 1 N–H and O–H groups in total. The fourth-order valence-electron chi connectivity index (χ4n) is 3.01. The van der Waals surface area contributed by atoms with Gasteiger partial charge in [-0.15, -0.1) is 5.10 Å². The highest BCUT2D eigenvalue weighted by atomic mass is 79.9. The number of benzene rings is 2. The number of nitrogens with one attached hydrogen (secondary N) is 1. The number of hydrogen-bond donors (Lipinski definition) is 1. The van der Waals surface area contributed by atoms with Crippen molar-refractivity contribution in [2.24, 2.45) is 13.0 Å². The molecule has 1 fully saturated rings. The average Bonchev–Trinajstić information content (AvgIpc) is 3.30. The average molecular weight is 398 g/mol. The van der Waals surface area contributed by atoms with E-state index in [0.29, 0.717) is 11.7 Å². The molecule has 126 valence electrons. The van der Waals surface area contributed by atoms with Gasteiger partial charge in [0.05, 0.1) is 0 Å². The zero-order valence-electron chi connectivity index (χ0n) is 13.6. The Kier molecular flexibility index (Phi) is 4.09.